The van der Waals surface area contributed by atoms with E-state index < -0.39 is 41.1 Å². The standard InChI is InChI=1S/C30H30F3N3O4/c1-40-27(18-7-11-20(31)12-8-18)30(35-24-15-22(32)23(33)16-25(24)36-30)26(17-5-3-2-4-6-17)28(37)34-21-13-9-19(10-14-21)29(38)39/h7-17,26-27,35-36H,2-6H2,1H3,(H,34,37)(H,38,39). The first-order valence-electron chi connectivity index (χ1n) is 13.2. The molecular weight excluding hydrogens is 523 g/mol. The number of carboxylic acid groups (broad SMARTS) is 1. The van der Waals surface area contributed by atoms with E-state index in [1.807, 2.05) is 0 Å². The molecule has 1 aliphatic carbocycles. The van der Waals surface area contributed by atoms with E-state index in [-0.39, 0.29) is 28.8 Å². The van der Waals surface area contributed by atoms with Gasteiger partial charge >= 0.3 is 5.97 Å². The highest BCUT2D eigenvalue weighted by Gasteiger charge is 2.56. The first-order chi connectivity index (χ1) is 19.2. The minimum absolute atomic E-state index is 0.0766. The summed E-state index contributed by atoms with van der Waals surface area (Å²) >= 11 is 0. The van der Waals surface area contributed by atoms with Gasteiger partial charge in [-0.1, -0.05) is 31.4 Å². The SMILES string of the molecule is COC(c1ccc(F)cc1)C1(C(C(=O)Nc2ccc(C(=O)O)cc2)C2CCCCC2)Nc2cc(F)c(F)cc2N1. The summed E-state index contributed by atoms with van der Waals surface area (Å²) in [5.41, 5.74) is 0.145. The number of hydrogen-bond acceptors (Lipinski definition) is 5. The van der Waals surface area contributed by atoms with Gasteiger partial charge in [-0.2, -0.15) is 0 Å². The molecule has 0 aromatic heterocycles. The lowest BCUT2D eigenvalue weighted by molar-refractivity contribution is -0.126. The molecule has 2 unspecified atom stereocenters. The van der Waals surface area contributed by atoms with Crippen LogP contribution in [0, 0.1) is 29.3 Å². The first-order valence-corrected chi connectivity index (χ1v) is 13.2. The Hall–Kier alpha value is -4.05. The summed E-state index contributed by atoms with van der Waals surface area (Å²) in [7, 11) is 1.46. The number of carbonyl (C=O) groups excluding carboxylic acids is 1. The molecule has 210 valence electrons. The van der Waals surface area contributed by atoms with Crippen LogP contribution >= 0.6 is 0 Å². The van der Waals surface area contributed by atoms with E-state index in [0.717, 1.165) is 44.2 Å². The highest BCUT2D eigenvalue weighted by molar-refractivity contribution is 5.96. The number of carbonyl (C=O) groups is 2. The van der Waals surface area contributed by atoms with Gasteiger partial charge in [-0.3, -0.25) is 4.79 Å². The highest BCUT2D eigenvalue weighted by Crippen LogP contribution is 2.50. The largest absolute Gasteiger partial charge is 0.478 e. The number of aromatic carboxylic acids is 1. The number of fused-ring (bicyclic) bond motifs is 1. The van der Waals surface area contributed by atoms with Gasteiger partial charge in [0.1, 0.15) is 11.9 Å². The monoisotopic (exact) mass is 553 g/mol. The van der Waals surface area contributed by atoms with Crippen molar-refractivity contribution < 1.29 is 32.6 Å². The maximum atomic E-state index is 14.3. The van der Waals surface area contributed by atoms with Gasteiger partial charge in [0.2, 0.25) is 5.91 Å². The zero-order chi connectivity index (χ0) is 28.4. The van der Waals surface area contributed by atoms with Gasteiger partial charge in [-0.25, -0.2) is 18.0 Å². The molecule has 0 spiro atoms. The van der Waals surface area contributed by atoms with Crippen LogP contribution in [0.2, 0.25) is 0 Å². The molecule has 0 saturated heterocycles. The Balaban J connectivity index is 1.62. The van der Waals surface area contributed by atoms with E-state index in [1.165, 1.54) is 43.5 Å². The Morgan fingerprint density at radius 1 is 0.925 bits per heavy atom. The lowest BCUT2D eigenvalue weighted by Gasteiger charge is -2.46. The molecule has 5 rings (SSSR count). The number of hydrogen-bond donors (Lipinski definition) is 4. The zero-order valence-electron chi connectivity index (χ0n) is 21.8. The van der Waals surface area contributed by atoms with Crippen LogP contribution in [0.15, 0.2) is 60.7 Å². The van der Waals surface area contributed by atoms with Crippen LogP contribution < -0.4 is 16.0 Å². The van der Waals surface area contributed by atoms with Crippen molar-refractivity contribution in [1.29, 1.82) is 0 Å². The summed E-state index contributed by atoms with van der Waals surface area (Å²) in [5.74, 6) is -4.98. The molecule has 1 heterocycles. The fourth-order valence-corrected chi connectivity index (χ4v) is 6.08. The predicted octanol–water partition coefficient (Wildman–Crippen LogP) is 6.56. The molecule has 1 fully saturated rings. The van der Waals surface area contributed by atoms with Crippen LogP contribution in [0.3, 0.4) is 0 Å². The molecule has 0 radical (unpaired) electrons. The number of anilines is 3. The van der Waals surface area contributed by atoms with E-state index >= 15 is 0 Å². The molecular formula is C30H30F3N3O4. The molecule has 1 amide bonds. The van der Waals surface area contributed by atoms with Crippen molar-refractivity contribution in [2.75, 3.05) is 23.1 Å². The molecule has 1 aliphatic heterocycles. The van der Waals surface area contributed by atoms with E-state index in [2.05, 4.69) is 16.0 Å². The van der Waals surface area contributed by atoms with Gasteiger partial charge in [0.25, 0.3) is 0 Å². The zero-order valence-corrected chi connectivity index (χ0v) is 21.8. The number of methoxy groups -OCH3 is 1. The topological polar surface area (TPSA) is 99.7 Å². The molecule has 7 nitrogen and oxygen atoms in total. The van der Waals surface area contributed by atoms with Crippen LogP contribution in [0.4, 0.5) is 30.2 Å². The summed E-state index contributed by atoms with van der Waals surface area (Å²) in [6.45, 7) is 0. The molecule has 0 bridgehead atoms. The van der Waals surface area contributed by atoms with Crippen molar-refractivity contribution in [3.05, 3.63) is 89.2 Å². The third-order valence-electron chi connectivity index (χ3n) is 7.86. The Bertz CT molecular complexity index is 1360. The van der Waals surface area contributed by atoms with E-state index in [4.69, 9.17) is 4.74 Å². The third-order valence-corrected chi connectivity index (χ3v) is 7.86. The Kier molecular flexibility index (Phi) is 7.71. The van der Waals surface area contributed by atoms with Crippen molar-refractivity contribution >= 4 is 28.9 Å². The lowest BCUT2D eigenvalue weighted by atomic mass is 9.70. The van der Waals surface area contributed by atoms with Gasteiger partial charge < -0.3 is 25.8 Å². The number of carboxylic acids is 1. The Morgan fingerprint density at radius 3 is 2.02 bits per heavy atom. The fraction of sp³-hybridized carbons (Fsp3) is 0.333. The van der Waals surface area contributed by atoms with Gasteiger partial charge in [-0.05, 0) is 60.7 Å². The van der Waals surface area contributed by atoms with Crippen LogP contribution in [-0.4, -0.2) is 29.8 Å². The molecule has 40 heavy (non-hydrogen) atoms. The lowest BCUT2D eigenvalue weighted by Crippen LogP contribution is -2.60. The van der Waals surface area contributed by atoms with Crippen molar-refractivity contribution in [2.24, 2.45) is 11.8 Å². The normalized spacial score (nSPS) is 17.7. The summed E-state index contributed by atoms with van der Waals surface area (Å²) in [6.07, 6.45) is 3.42. The van der Waals surface area contributed by atoms with Crippen molar-refractivity contribution in [2.45, 2.75) is 43.9 Å². The van der Waals surface area contributed by atoms with Crippen molar-refractivity contribution in [3.8, 4) is 0 Å². The average Bonchev–Trinajstić information content (AvgIpc) is 3.29. The Labute approximate surface area is 229 Å². The quantitative estimate of drug-likeness (QED) is 0.252. The number of nitrogens with one attached hydrogen (secondary N) is 3. The average molecular weight is 554 g/mol. The van der Waals surface area contributed by atoms with Crippen molar-refractivity contribution in [3.63, 3.8) is 0 Å². The third kappa shape index (κ3) is 5.23. The molecule has 2 aliphatic rings. The van der Waals surface area contributed by atoms with Crippen LogP contribution in [0.25, 0.3) is 0 Å². The molecule has 4 N–H and O–H groups in total. The number of ether oxygens (including phenoxy) is 1. The maximum Gasteiger partial charge on any atom is 0.335 e. The fourth-order valence-electron chi connectivity index (χ4n) is 6.08. The van der Waals surface area contributed by atoms with E-state index in [9.17, 15) is 27.9 Å². The van der Waals surface area contributed by atoms with Gasteiger partial charge in [0.05, 0.1) is 22.9 Å². The molecule has 3 aromatic rings. The van der Waals surface area contributed by atoms with Gasteiger partial charge in [0.15, 0.2) is 17.3 Å². The van der Waals surface area contributed by atoms with Crippen LogP contribution in [0.1, 0.15) is 54.1 Å². The first kappa shape index (κ1) is 27.5. The summed E-state index contributed by atoms with van der Waals surface area (Å²) in [4.78, 5) is 25.5. The Morgan fingerprint density at radius 2 is 1.50 bits per heavy atom. The minimum atomic E-state index is -1.41. The van der Waals surface area contributed by atoms with E-state index in [1.54, 1.807) is 12.1 Å². The highest BCUT2D eigenvalue weighted by atomic mass is 19.2. The summed E-state index contributed by atoms with van der Waals surface area (Å²) < 4.78 is 48.5. The second-order valence-electron chi connectivity index (χ2n) is 10.3. The maximum absolute atomic E-state index is 14.3. The predicted molar refractivity (Wildman–Crippen MR) is 145 cm³/mol. The second-order valence-corrected chi connectivity index (χ2v) is 10.3. The minimum Gasteiger partial charge on any atom is -0.478 e. The number of rotatable bonds is 8. The molecule has 10 heteroatoms. The number of amides is 1. The van der Waals surface area contributed by atoms with Gasteiger partial charge in [-0.15, -0.1) is 0 Å². The number of halogens is 3. The van der Waals surface area contributed by atoms with Crippen LogP contribution in [-0.2, 0) is 9.53 Å². The molecule has 2 atom stereocenters. The van der Waals surface area contributed by atoms with E-state index in [0.29, 0.717) is 11.3 Å². The van der Waals surface area contributed by atoms with Gasteiger partial charge in [0, 0.05) is 24.9 Å². The summed E-state index contributed by atoms with van der Waals surface area (Å²) in [6, 6.07) is 13.6. The molecule has 1 saturated carbocycles. The second kappa shape index (κ2) is 11.2. The van der Waals surface area contributed by atoms with Crippen molar-refractivity contribution in [1.82, 2.24) is 0 Å². The molecule has 3 aromatic carbocycles. The van der Waals surface area contributed by atoms with Crippen LogP contribution in [0.5, 0.6) is 0 Å². The summed E-state index contributed by atoms with van der Waals surface area (Å²) in [5, 5.41) is 18.7. The number of benzene rings is 3. The smallest absolute Gasteiger partial charge is 0.335 e.